The molecule has 0 aromatic carbocycles. The number of hydrogen-bond donors (Lipinski definition) is 0. The van der Waals surface area contributed by atoms with Crippen molar-refractivity contribution in [2.45, 2.75) is 110 Å². The van der Waals surface area contributed by atoms with E-state index in [2.05, 4.69) is 13.8 Å². The Morgan fingerprint density at radius 2 is 1.23 bits per heavy atom. The fourth-order valence-electron chi connectivity index (χ4n) is 2.94. The van der Waals surface area contributed by atoms with Crippen molar-refractivity contribution >= 4 is 10.1 Å². The number of hydrogen-bond acceptors (Lipinski definition) is 4. The summed E-state index contributed by atoms with van der Waals surface area (Å²) in [7, 11) is -4.25. The fraction of sp³-hybridized carbons (Fsp3) is 0.947. The van der Waals surface area contributed by atoms with Crippen molar-refractivity contribution in [3.05, 3.63) is 6.92 Å². The smallest absolute Gasteiger partial charge is 0.748 e. The van der Waals surface area contributed by atoms with Crippen molar-refractivity contribution in [2.24, 2.45) is 0 Å². The van der Waals surface area contributed by atoms with Crippen LogP contribution in [0.4, 0.5) is 0 Å². The predicted molar refractivity (Wildman–Crippen MR) is 100.0 cm³/mol. The maximum absolute atomic E-state index is 10.6. The van der Waals surface area contributed by atoms with Gasteiger partial charge in [-0.1, -0.05) is 90.1 Å². The van der Waals surface area contributed by atoms with Gasteiger partial charge in [0.2, 0.25) is 0 Å². The maximum atomic E-state index is 10.6. The van der Waals surface area contributed by atoms with Crippen LogP contribution in [0, 0.1) is 6.92 Å². The van der Waals surface area contributed by atoms with E-state index in [0.717, 1.165) is 12.8 Å². The van der Waals surface area contributed by atoms with Gasteiger partial charge in [-0.2, -0.15) is 0 Å². The molecule has 0 aromatic heterocycles. The van der Waals surface area contributed by atoms with E-state index >= 15 is 0 Å². The molecule has 2 atom stereocenters. The van der Waals surface area contributed by atoms with Gasteiger partial charge in [0.1, 0.15) is 0 Å². The molecule has 0 spiro atoms. The van der Waals surface area contributed by atoms with Gasteiger partial charge in [-0.15, -0.1) is 0 Å². The summed E-state index contributed by atoms with van der Waals surface area (Å²) in [6, 6.07) is 0. The average Bonchev–Trinajstić information content (AvgIpc) is 2.46. The van der Waals surface area contributed by atoms with E-state index in [4.69, 9.17) is 4.74 Å². The van der Waals surface area contributed by atoms with Gasteiger partial charge in [0, 0.05) is 5.75 Å². The van der Waals surface area contributed by atoms with Gasteiger partial charge in [-0.05, 0) is 13.3 Å². The molecule has 0 rings (SSSR count). The molecule has 0 aliphatic carbocycles. The summed E-state index contributed by atoms with van der Waals surface area (Å²) in [6.45, 7) is 7.73. The van der Waals surface area contributed by atoms with Crippen LogP contribution in [0.3, 0.4) is 0 Å². The summed E-state index contributed by atoms with van der Waals surface area (Å²) >= 11 is 0. The second-order valence-corrected chi connectivity index (χ2v) is 8.42. The minimum Gasteiger partial charge on any atom is -0.748 e. The molecule has 0 aliphatic rings. The fourth-order valence-corrected chi connectivity index (χ4v) is 3.47. The molecule has 2 unspecified atom stereocenters. The molecular formula is C19H38Na2O4S. The van der Waals surface area contributed by atoms with E-state index in [1.165, 1.54) is 70.6 Å². The summed E-state index contributed by atoms with van der Waals surface area (Å²) in [5, 5.41) is 0. The molecule has 26 heavy (non-hydrogen) atoms. The number of ether oxygens (including phenoxy) is 1. The normalized spacial score (nSPS) is 13.5. The largest absolute Gasteiger partial charge is 1.00 e. The molecule has 0 saturated heterocycles. The van der Waals surface area contributed by atoms with E-state index in [-0.39, 0.29) is 65.2 Å². The topological polar surface area (TPSA) is 66.4 Å². The second-order valence-electron chi connectivity index (χ2n) is 6.97. The van der Waals surface area contributed by atoms with Crippen molar-refractivity contribution in [3.63, 3.8) is 0 Å². The SMILES string of the molecule is [CH2-]C(CS(=O)(=O)[O-])OC(C)CCCCCCCCCCCCCC.[Na+].[Na+]. The standard InChI is InChI=1S/C19H39O4S.2Na/c1-4-5-6-7-8-9-10-11-12-13-14-15-16-18(2)23-19(3)17-24(20,21)22;;/h18-19H,3-17H2,1-2H3,(H,20,21,22);;/q-1;2*+1/p-1. The molecule has 0 radical (unpaired) electrons. The zero-order valence-corrected chi connectivity index (χ0v) is 22.6. The van der Waals surface area contributed by atoms with Gasteiger partial charge in [0.25, 0.3) is 0 Å². The summed E-state index contributed by atoms with van der Waals surface area (Å²) in [4.78, 5) is 0. The van der Waals surface area contributed by atoms with Gasteiger partial charge in [-0.25, -0.2) is 8.42 Å². The summed E-state index contributed by atoms with van der Waals surface area (Å²) in [6.07, 6.45) is 15.9. The van der Waals surface area contributed by atoms with Crippen molar-refractivity contribution in [1.82, 2.24) is 0 Å². The third-order valence-electron chi connectivity index (χ3n) is 4.28. The van der Waals surface area contributed by atoms with Crippen LogP contribution in [0.5, 0.6) is 0 Å². The Kier molecular flexibility index (Phi) is 27.0. The minimum absolute atomic E-state index is 0. The molecule has 0 heterocycles. The Bertz CT molecular complexity index is 378. The van der Waals surface area contributed by atoms with Gasteiger partial charge in [0.05, 0.1) is 16.2 Å². The van der Waals surface area contributed by atoms with Crippen LogP contribution in [-0.2, 0) is 14.9 Å². The molecule has 0 bridgehead atoms. The first-order valence-electron chi connectivity index (χ1n) is 9.77. The Labute approximate surface area is 207 Å². The van der Waals surface area contributed by atoms with Gasteiger partial charge >= 0.3 is 59.1 Å². The Balaban J connectivity index is -0.00000264. The van der Waals surface area contributed by atoms with Crippen LogP contribution in [0.15, 0.2) is 0 Å². The molecule has 0 N–H and O–H groups in total. The monoisotopic (exact) mass is 408 g/mol. The van der Waals surface area contributed by atoms with Gasteiger partial charge in [0.15, 0.2) is 0 Å². The summed E-state index contributed by atoms with van der Waals surface area (Å²) < 4.78 is 37.3. The summed E-state index contributed by atoms with van der Waals surface area (Å²) in [5.41, 5.74) is 0. The van der Waals surface area contributed by atoms with Crippen LogP contribution in [0.25, 0.3) is 0 Å². The van der Waals surface area contributed by atoms with E-state index in [9.17, 15) is 13.0 Å². The van der Waals surface area contributed by atoms with Crippen LogP contribution in [0.2, 0.25) is 0 Å². The Morgan fingerprint density at radius 3 is 1.62 bits per heavy atom. The third kappa shape index (κ3) is 25.9. The molecule has 0 saturated carbocycles. The van der Waals surface area contributed by atoms with Crippen LogP contribution >= 0.6 is 0 Å². The summed E-state index contributed by atoms with van der Waals surface area (Å²) in [5.74, 6) is -0.546. The number of rotatable bonds is 17. The van der Waals surface area contributed by atoms with Crippen molar-refractivity contribution in [3.8, 4) is 0 Å². The zero-order chi connectivity index (χ0) is 18.3. The second kappa shape index (κ2) is 21.6. The molecule has 0 aromatic rings. The average molecular weight is 409 g/mol. The molecule has 4 nitrogen and oxygen atoms in total. The van der Waals surface area contributed by atoms with Gasteiger partial charge in [-0.3, -0.25) is 0 Å². The minimum atomic E-state index is -4.25. The van der Waals surface area contributed by atoms with Crippen molar-refractivity contribution < 1.29 is 76.8 Å². The first-order valence-corrected chi connectivity index (χ1v) is 11.3. The van der Waals surface area contributed by atoms with E-state index in [0.29, 0.717) is 0 Å². The van der Waals surface area contributed by atoms with Crippen molar-refractivity contribution in [2.75, 3.05) is 5.75 Å². The first kappa shape index (κ1) is 32.5. The maximum Gasteiger partial charge on any atom is 1.00 e. The molecule has 0 amide bonds. The molecule has 0 fully saturated rings. The quantitative estimate of drug-likeness (QED) is 0.137. The molecule has 7 heteroatoms. The van der Waals surface area contributed by atoms with Gasteiger partial charge < -0.3 is 16.2 Å². The van der Waals surface area contributed by atoms with Crippen molar-refractivity contribution in [1.29, 1.82) is 0 Å². The molecular weight excluding hydrogens is 370 g/mol. The zero-order valence-electron chi connectivity index (χ0n) is 17.8. The molecule has 0 aliphatic heterocycles. The number of unbranched alkanes of at least 4 members (excludes halogenated alkanes) is 11. The Hall–Kier alpha value is 1.87. The third-order valence-corrected chi connectivity index (χ3v) is 5.06. The van der Waals surface area contributed by atoms with Crippen LogP contribution in [0.1, 0.15) is 97.3 Å². The van der Waals surface area contributed by atoms with E-state index < -0.39 is 22.0 Å². The first-order chi connectivity index (χ1) is 11.3. The molecule has 146 valence electrons. The predicted octanol–water partition coefficient (Wildman–Crippen LogP) is -0.761. The van der Waals surface area contributed by atoms with E-state index in [1.807, 2.05) is 6.92 Å². The van der Waals surface area contributed by atoms with E-state index in [1.54, 1.807) is 0 Å². The van der Waals surface area contributed by atoms with Crippen LogP contribution in [-0.4, -0.2) is 30.9 Å². The Morgan fingerprint density at radius 1 is 0.846 bits per heavy atom. The van der Waals surface area contributed by atoms with Crippen LogP contribution < -0.4 is 59.1 Å².